The minimum absolute atomic E-state index is 0.124. The number of likely N-dealkylation sites (tertiary alicyclic amines) is 1. The van der Waals surface area contributed by atoms with Crippen LogP contribution in [0.15, 0.2) is 45.8 Å². The van der Waals surface area contributed by atoms with Crippen molar-refractivity contribution in [3.05, 3.63) is 52.4 Å². The number of ether oxygens (including phenoxy) is 2. The maximum absolute atomic E-state index is 13.3. The molecule has 1 saturated heterocycles. The summed E-state index contributed by atoms with van der Waals surface area (Å²) in [5.41, 5.74) is 2.19. The van der Waals surface area contributed by atoms with Crippen molar-refractivity contribution in [2.45, 2.75) is 26.3 Å². The van der Waals surface area contributed by atoms with E-state index in [2.05, 4.69) is 11.8 Å². The van der Waals surface area contributed by atoms with E-state index in [-0.39, 0.29) is 11.2 Å². The first-order valence-corrected chi connectivity index (χ1v) is 10.5. The average molecular weight is 407 g/mol. The van der Waals surface area contributed by atoms with Crippen molar-refractivity contribution in [1.29, 1.82) is 0 Å². The van der Waals surface area contributed by atoms with Crippen LogP contribution in [0.2, 0.25) is 0 Å². The van der Waals surface area contributed by atoms with Gasteiger partial charge in [0.05, 0.1) is 16.5 Å². The molecule has 1 fully saturated rings. The number of nitrogens with zero attached hydrogens (tertiary/aromatic N) is 1. The number of fused-ring (bicyclic) bond motifs is 2. The van der Waals surface area contributed by atoms with Crippen molar-refractivity contribution < 1.29 is 19.0 Å². The lowest BCUT2D eigenvalue weighted by Crippen LogP contribution is -2.33. The van der Waals surface area contributed by atoms with Crippen molar-refractivity contribution in [3.63, 3.8) is 0 Å². The predicted molar refractivity (Wildman–Crippen MR) is 114 cm³/mol. The first kappa shape index (κ1) is 19.0. The van der Waals surface area contributed by atoms with Gasteiger partial charge in [0.25, 0.3) is 0 Å². The molecule has 2 aromatic carbocycles. The highest BCUT2D eigenvalue weighted by molar-refractivity contribution is 5.86. The summed E-state index contributed by atoms with van der Waals surface area (Å²) in [4.78, 5) is 15.6. The quantitative estimate of drug-likeness (QED) is 0.703. The highest BCUT2D eigenvalue weighted by Gasteiger charge is 2.21. The molecular formula is C24H25NO5. The summed E-state index contributed by atoms with van der Waals surface area (Å²) in [6.07, 6.45) is 3.86. The van der Waals surface area contributed by atoms with Gasteiger partial charge in [0.15, 0.2) is 11.5 Å². The predicted octanol–water partition coefficient (Wildman–Crippen LogP) is 4.17. The van der Waals surface area contributed by atoms with Gasteiger partial charge in [-0.2, -0.15) is 0 Å². The Morgan fingerprint density at radius 3 is 2.80 bits per heavy atom. The standard InChI is InChI=1S/C24H25NO5/c1-15-3-2-8-25(12-15)13-18-20(26)6-5-17-23(27)19(14-30-24(17)18)16-4-7-21-22(11-16)29-10-9-28-21/h4-7,11,14-15,26H,2-3,8-10,12-13H2,1H3. The van der Waals surface area contributed by atoms with Gasteiger partial charge < -0.3 is 19.0 Å². The third kappa shape index (κ3) is 3.41. The van der Waals surface area contributed by atoms with Crippen LogP contribution in [0.5, 0.6) is 17.2 Å². The van der Waals surface area contributed by atoms with Crippen molar-refractivity contribution >= 4 is 11.0 Å². The zero-order valence-electron chi connectivity index (χ0n) is 17.0. The number of piperidine rings is 1. The van der Waals surface area contributed by atoms with Gasteiger partial charge >= 0.3 is 0 Å². The first-order chi connectivity index (χ1) is 14.6. The Kier molecular flexibility index (Phi) is 4.87. The summed E-state index contributed by atoms with van der Waals surface area (Å²) >= 11 is 0. The Labute approximate surface area is 174 Å². The van der Waals surface area contributed by atoms with E-state index in [1.54, 1.807) is 12.1 Å². The van der Waals surface area contributed by atoms with Crippen LogP contribution in [-0.4, -0.2) is 36.3 Å². The topological polar surface area (TPSA) is 72.1 Å². The minimum Gasteiger partial charge on any atom is -0.507 e. The fourth-order valence-electron chi connectivity index (χ4n) is 4.46. The number of hydrogen-bond acceptors (Lipinski definition) is 6. The lowest BCUT2D eigenvalue weighted by atomic mass is 9.99. The Hall–Kier alpha value is -2.99. The third-order valence-electron chi connectivity index (χ3n) is 6.00. The summed E-state index contributed by atoms with van der Waals surface area (Å²) in [7, 11) is 0. The van der Waals surface area contributed by atoms with Crippen LogP contribution in [0, 0.1) is 5.92 Å². The molecule has 2 aliphatic rings. The Morgan fingerprint density at radius 2 is 1.97 bits per heavy atom. The summed E-state index contributed by atoms with van der Waals surface area (Å²) < 4.78 is 17.2. The number of hydrogen-bond donors (Lipinski definition) is 1. The van der Waals surface area contributed by atoms with Crippen molar-refractivity contribution in [1.82, 2.24) is 4.90 Å². The molecule has 1 aromatic heterocycles. The maximum Gasteiger partial charge on any atom is 0.200 e. The van der Waals surface area contributed by atoms with Crippen molar-refractivity contribution in [2.24, 2.45) is 5.92 Å². The summed E-state index contributed by atoms with van der Waals surface area (Å²) in [5.74, 6) is 2.10. The van der Waals surface area contributed by atoms with E-state index in [0.29, 0.717) is 59.3 Å². The second-order valence-electron chi connectivity index (χ2n) is 8.26. The molecule has 0 radical (unpaired) electrons. The number of aromatic hydroxyl groups is 1. The zero-order valence-corrected chi connectivity index (χ0v) is 17.0. The molecule has 0 spiro atoms. The molecule has 30 heavy (non-hydrogen) atoms. The average Bonchev–Trinajstić information content (AvgIpc) is 2.76. The van der Waals surface area contributed by atoms with Gasteiger partial charge in [0.2, 0.25) is 5.43 Å². The van der Waals surface area contributed by atoms with E-state index in [4.69, 9.17) is 13.9 Å². The van der Waals surface area contributed by atoms with E-state index in [9.17, 15) is 9.90 Å². The van der Waals surface area contributed by atoms with Crippen LogP contribution >= 0.6 is 0 Å². The van der Waals surface area contributed by atoms with E-state index in [1.165, 1.54) is 12.7 Å². The van der Waals surface area contributed by atoms with Crippen LogP contribution in [0.4, 0.5) is 0 Å². The van der Waals surface area contributed by atoms with Crippen LogP contribution < -0.4 is 14.9 Å². The van der Waals surface area contributed by atoms with Crippen LogP contribution in [0.3, 0.4) is 0 Å². The van der Waals surface area contributed by atoms with Gasteiger partial charge in [0.1, 0.15) is 30.8 Å². The zero-order chi connectivity index (χ0) is 20.7. The van der Waals surface area contributed by atoms with Gasteiger partial charge in [-0.3, -0.25) is 9.69 Å². The van der Waals surface area contributed by atoms with Gasteiger partial charge in [-0.05, 0) is 55.1 Å². The lowest BCUT2D eigenvalue weighted by Gasteiger charge is -2.31. The van der Waals surface area contributed by atoms with E-state index in [0.717, 1.165) is 25.1 Å². The number of rotatable bonds is 3. The van der Waals surface area contributed by atoms with Gasteiger partial charge in [0, 0.05) is 13.1 Å². The van der Waals surface area contributed by atoms with E-state index < -0.39 is 0 Å². The first-order valence-electron chi connectivity index (χ1n) is 10.5. The molecule has 0 amide bonds. The van der Waals surface area contributed by atoms with Crippen molar-refractivity contribution in [3.8, 4) is 28.4 Å². The second-order valence-corrected chi connectivity index (χ2v) is 8.26. The number of phenols is 1. The smallest absolute Gasteiger partial charge is 0.200 e. The molecule has 3 heterocycles. The van der Waals surface area contributed by atoms with E-state index >= 15 is 0 Å². The fraction of sp³-hybridized carbons (Fsp3) is 0.375. The summed E-state index contributed by atoms with van der Waals surface area (Å²) in [5, 5.41) is 11.0. The highest BCUT2D eigenvalue weighted by Crippen LogP contribution is 2.35. The normalized spacial score (nSPS) is 19.2. The molecule has 6 nitrogen and oxygen atoms in total. The Bertz CT molecular complexity index is 1150. The summed E-state index contributed by atoms with van der Waals surface area (Å²) in [6, 6.07) is 8.69. The number of phenolic OH excluding ortho intramolecular Hbond substituents is 1. The highest BCUT2D eigenvalue weighted by atomic mass is 16.6. The van der Waals surface area contributed by atoms with Crippen molar-refractivity contribution in [2.75, 3.05) is 26.3 Å². The van der Waals surface area contributed by atoms with Crippen LogP contribution in [-0.2, 0) is 6.54 Å². The van der Waals surface area contributed by atoms with Crippen LogP contribution in [0.25, 0.3) is 22.1 Å². The molecule has 2 aliphatic heterocycles. The Morgan fingerprint density at radius 1 is 1.13 bits per heavy atom. The fourth-order valence-corrected chi connectivity index (χ4v) is 4.46. The SMILES string of the molecule is CC1CCCN(Cc2c(O)ccc3c(=O)c(-c4ccc5c(c4)OCCO5)coc23)C1. The molecule has 1 atom stereocenters. The largest absolute Gasteiger partial charge is 0.507 e. The molecule has 6 heteroatoms. The Balaban J connectivity index is 1.55. The monoisotopic (exact) mass is 407 g/mol. The molecule has 0 bridgehead atoms. The van der Waals surface area contributed by atoms with Gasteiger partial charge in [-0.25, -0.2) is 0 Å². The minimum atomic E-state index is -0.124. The van der Waals surface area contributed by atoms with E-state index in [1.807, 2.05) is 18.2 Å². The molecule has 5 rings (SSSR count). The third-order valence-corrected chi connectivity index (χ3v) is 6.00. The molecule has 0 aliphatic carbocycles. The van der Waals surface area contributed by atoms with Gasteiger partial charge in [-0.1, -0.05) is 13.0 Å². The maximum atomic E-state index is 13.3. The van der Waals surface area contributed by atoms with Crippen LogP contribution in [0.1, 0.15) is 25.3 Å². The lowest BCUT2D eigenvalue weighted by molar-refractivity contribution is 0.171. The second kappa shape index (κ2) is 7.69. The molecule has 3 aromatic rings. The molecule has 1 unspecified atom stereocenters. The van der Waals surface area contributed by atoms with Gasteiger partial charge in [-0.15, -0.1) is 0 Å². The molecule has 1 N–H and O–H groups in total. The molecule has 156 valence electrons. The molecule has 0 saturated carbocycles. The number of benzene rings is 2. The summed E-state index contributed by atoms with van der Waals surface area (Å²) in [6.45, 7) is 5.79. The molecular weight excluding hydrogens is 382 g/mol.